The fourth-order valence-corrected chi connectivity index (χ4v) is 1.35. The van der Waals surface area contributed by atoms with Gasteiger partial charge in [-0.25, -0.2) is 4.39 Å². The van der Waals surface area contributed by atoms with E-state index in [9.17, 15) is 4.39 Å². The zero-order valence-electron chi connectivity index (χ0n) is 8.93. The van der Waals surface area contributed by atoms with E-state index < -0.39 is 5.82 Å². The predicted molar refractivity (Wildman–Crippen MR) is 59.7 cm³/mol. The van der Waals surface area contributed by atoms with E-state index in [2.05, 4.69) is 4.98 Å². The standard InChI is InChI=1S/C13H9FN2O/c14-13-4-3-10(6-11(13)7-15)9-17-12-2-1-5-16-8-12/h1-6,8H,9H2. The fraction of sp³-hybridized carbons (Fsp3) is 0.0769. The molecule has 84 valence electrons. The summed E-state index contributed by atoms with van der Waals surface area (Å²) in [4.78, 5) is 3.91. The minimum Gasteiger partial charge on any atom is -0.487 e. The molecule has 0 unspecified atom stereocenters. The Labute approximate surface area is 98.1 Å². The number of aromatic nitrogens is 1. The molecule has 17 heavy (non-hydrogen) atoms. The molecule has 0 saturated carbocycles. The first kappa shape index (κ1) is 11.1. The van der Waals surface area contributed by atoms with Gasteiger partial charge in [0.25, 0.3) is 0 Å². The van der Waals surface area contributed by atoms with Gasteiger partial charge in [0.05, 0.1) is 11.8 Å². The SMILES string of the molecule is N#Cc1cc(COc2cccnc2)ccc1F. The minimum absolute atomic E-state index is 0.0253. The van der Waals surface area contributed by atoms with E-state index in [1.807, 2.05) is 0 Å². The van der Waals surface area contributed by atoms with Crippen LogP contribution in [0.1, 0.15) is 11.1 Å². The number of rotatable bonds is 3. The summed E-state index contributed by atoms with van der Waals surface area (Å²) in [5.41, 5.74) is 0.768. The van der Waals surface area contributed by atoms with Gasteiger partial charge in [-0.3, -0.25) is 4.98 Å². The smallest absolute Gasteiger partial charge is 0.140 e. The molecular formula is C13H9FN2O. The molecule has 0 saturated heterocycles. The number of benzene rings is 1. The molecule has 3 nitrogen and oxygen atoms in total. The lowest BCUT2D eigenvalue weighted by Gasteiger charge is -2.05. The molecule has 1 aromatic carbocycles. The molecule has 0 aliphatic heterocycles. The molecule has 1 heterocycles. The lowest BCUT2D eigenvalue weighted by Crippen LogP contribution is -1.97. The molecule has 0 bridgehead atoms. The molecule has 0 aliphatic carbocycles. The van der Waals surface area contributed by atoms with Crippen LogP contribution in [-0.2, 0) is 6.61 Å². The molecule has 0 aliphatic rings. The summed E-state index contributed by atoms with van der Waals surface area (Å²) in [6, 6.07) is 9.67. The van der Waals surface area contributed by atoms with Crippen molar-refractivity contribution in [2.24, 2.45) is 0 Å². The number of nitriles is 1. The molecule has 0 spiro atoms. The maximum Gasteiger partial charge on any atom is 0.140 e. The maximum absolute atomic E-state index is 13.1. The van der Waals surface area contributed by atoms with Crippen molar-refractivity contribution in [2.45, 2.75) is 6.61 Å². The number of ether oxygens (including phenoxy) is 1. The molecule has 2 aromatic rings. The molecular weight excluding hydrogens is 219 g/mol. The van der Waals surface area contributed by atoms with Gasteiger partial charge in [0.15, 0.2) is 0 Å². The Kier molecular flexibility index (Phi) is 3.31. The van der Waals surface area contributed by atoms with E-state index in [1.165, 1.54) is 12.1 Å². The second kappa shape index (κ2) is 5.08. The topological polar surface area (TPSA) is 45.9 Å². The molecule has 0 fully saturated rings. The lowest BCUT2D eigenvalue weighted by atomic mass is 10.1. The lowest BCUT2D eigenvalue weighted by molar-refractivity contribution is 0.305. The van der Waals surface area contributed by atoms with Crippen LogP contribution >= 0.6 is 0 Å². The zero-order valence-corrected chi connectivity index (χ0v) is 8.93. The third kappa shape index (κ3) is 2.79. The number of hydrogen-bond acceptors (Lipinski definition) is 3. The van der Waals surface area contributed by atoms with Crippen molar-refractivity contribution in [1.29, 1.82) is 5.26 Å². The number of hydrogen-bond donors (Lipinski definition) is 0. The highest BCUT2D eigenvalue weighted by Crippen LogP contribution is 2.13. The molecule has 0 N–H and O–H groups in total. The van der Waals surface area contributed by atoms with Crippen LogP contribution in [0.15, 0.2) is 42.7 Å². The third-order valence-corrected chi connectivity index (χ3v) is 2.19. The normalized spacial score (nSPS) is 9.65. The van der Waals surface area contributed by atoms with E-state index >= 15 is 0 Å². The Morgan fingerprint density at radius 3 is 2.94 bits per heavy atom. The van der Waals surface area contributed by atoms with Crippen molar-refractivity contribution < 1.29 is 9.13 Å². The van der Waals surface area contributed by atoms with E-state index in [0.29, 0.717) is 5.75 Å². The first-order valence-electron chi connectivity index (χ1n) is 5.01. The quantitative estimate of drug-likeness (QED) is 0.811. The van der Waals surface area contributed by atoms with E-state index in [-0.39, 0.29) is 12.2 Å². The Bertz CT molecular complexity index is 549. The van der Waals surface area contributed by atoms with E-state index in [1.54, 1.807) is 36.7 Å². The molecule has 0 amide bonds. The van der Waals surface area contributed by atoms with Crippen molar-refractivity contribution in [3.05, 3.63) is 59.7 Å². The Morgan fingerprint density at radius 1 is 1.35 bits per heavy atom. The highest BCUT2D eigenvalue weighted by Gasteiger charge is 2.03. The second-order valence-corrected chi connectivity index (χ2v) is 3.40. The average Bonchev–Trinajstić information content (AvgIpc) is 2.39. The summed E-state index contributed by atoms with van der Waals surface area (Å²) in [6.07, 6.45) is 3.24. The highest BCUT2D eigenvalue weighted by atomic mass is 19.1. The van der Waals surface area contributed by atoms with Gasteiger partial charge >= 0.3 is 0 Å². The predicted octanol–water partition coefficient (Wildman–Crippen LogP) is 2.67. The van der Waals surface area contributed by atoms with Crippen molar-refractivity contribution >= 4 is 0 Å². The van der Waals surface area contributed by atoms with Crippen LogP contribution in [0.25, 0.3) is 0 Å². The monoisotopic (exact) mass is 228 g/mol. The van der Waals surface area contributed by atoms with E-state index in [0.717, 1.165) is 5.56 Å². The summed E-state index contributed by atoms with van der Waals surface area (Å²) >= 11 is 0. The van der Waals surface area contributed by atoms with Crippen molar-refractivity contribution in [1.82, 2.24) is 4.98 Å². The van der Waals surface area contributed by atoms with Crippen LogP contribution < -0.4 is 4.74 Å². The first-order chi connectivity index (χ1) is 8.29. The van der Waals surface area contributed by atoms with E-state index in [4.69, 9.17) is 10.00 Å². The Hall–Kier alpha value is -2.41. The first-order valence-corrected chi connectivity index (χ1v) is 5.01. The number of nitrogens with zero attached hydrogens (tertiary/aromatic N) is 2. The average molecular weight is 228 g/mol. The number of halogens is 1. The van der Waals surface area contributed by atoms with Crippen LogP contribution in [0.4, 0.5) is 4.39 Å². The molecule has 0 radical (unpaired) electrons. The number of pyridine rings is 1. The molecule has 1 aromatic heterocycles. The largest absolute Gasteiger partial charge is 0.487 e. The maximum atomic E-state index is 13.1. The molecule has 0 atom stereocenters. The summed E-state index contributed by atoms with van der Waals surface area (Å²) in [5, 5.41) is 8.69. The van der Waals surface area contributed by atoms with Crippen LogP contribution in [0.5, 0.6) is 5.75 Å². The van der Waals surface area contributed by atoms with Crippen molar-refractivity contribution in [2.75, 3.05) is 0 Å². The van der Waals surface area contributed by atoms with Crippen LogP contribution in [-0.4, -0.2) is 4.98 Å². The Balaban J connectivity index is 2.08. The van der Waals surface area contributed by atoms with Gasteiger partial charge in [0, 0.05) is 6.20 Å². The summed E-state index contributed by atoms with van der Waals surface area (Å²) in [6.45, 7) is 0.278. The van der Waals surface area contributed by atoms with Crippen LogP contribution in [0.3, 0.4) is 0 Å². The van der Waals surface area contributed by atoms with Gasteiger partial charge in [0.2, 0.25) is 0 Å². The van der Waals surface area contributed by atoms with Gasteiger partial charge < -0.3 is 4.74 Å². The fourth-order valence-electron chi connectivity index (χ4n) is 1.35. The van der Waals surface area contributed by atoms with Gasteiger partial charge in [0.1, 0.15) is 24.2 Å². The summed E-state index contributed by atoms with van der Waals surface area (Å²) < 4.78 is 18.5. The van der Waals surface area contributed by atoms with Crippen molar-refractivity contribution in [3.63, 3.8) is 0 Å². The van der Waals surface area contributed by atoms with Gasteiger partial charge in [-0.15, -0.1) is 0 Å². The third-order valence-electron chi connectivity index (χ3n) is 2.19. The van der Waals surface area contributed by atoms with Gasteiger partial charge in [-0.2, -0.15) is 5.26 Å². The highest BCUT2D eigenvalue weighted by molar-refractivity contribution is 5.34. The minimum atomic E-state index is -0.516. The van der Waals surface area contributed by atoms with Gasteiger partial charge in [-0.1, -0.05) is 6.07 Å². The van der Waals surface area contributed by atoms with Crippen molar-refractivity contribution in [3.8, 4) is 11.8 Å². The molecule has 2 rings (SSSR count). The Morgan fingerprint density at radius 2 is 2.24 bits per heavy atom. The van der Waals surface area contributed by atoms with Crippen LogP contribution in [0.2, 0.25) is 0 Å². The molecule has 4 heteroatoms. The van der Waals surface area contributed by atoms with Crippen LogP contribution in [0, 0.1) is 17.1 Å². The van der Waals surface area contributed by atoms with Gasteiger partial charge in [-0.05, 0) is 29.8 Å². The summed E-state index contributed by atoms with van der Waals surface area (Å²) in [5.74, 6) is 0.118. The zero-order chi connectivity index (χ0) is 12.1. The summed E-state index contributed by atoms with van der Waals surface area (Å²) in [7, 11) is 0. The second-order valence-electron chi connectivity index (χ2n) is 3.40.